The molecule has 1 aromatic heterocycles. The van der Waals surface area contributed by atoms with E-state index in [0.717, 1.165) is 41.7 Å². The Morgan fingerprint density at radius 1 is 1.12 bits per heavy atom. The minimum absolute atomic E-state index is 0.00967. The number of aliphatic hydroxyl groups is 1. The molecule has 1 saturated heterocycles. The predicted octanol–water partition coefficient (Wildman–Crippen LogP) is 5.70. The van der Waals surface area contributed by atoms with E-state index in [4.69, 9.17) is 9.47 Å². The van der Waals surface area contributed by atoms with Crippen molar-refractivity contribution in [3.05, 3.63) is 57.3 Å². The number of carbonyl (C=O) groups excluding carboxylic acids is 2. The lowest BCUT2D eigenvalue weighted by Crippen LogP contribution is -2.30. The van der Waals surface area contributed by atoms with Gasteiger partial charge in [-0.2, -0.15) is 0 Å². The smallest absolute Gasteiger partial charge is 0.348 e. The molecule has 186 valence electrons. The molecular weight excluding hydrogens is 450 g/mol. The Balaban J connectivity index is 1.73. The monoisotopic (exact) mass is 487 g/mol. The first-order chi connectivity index (χ1) is 16.4. The first kappa shape index (κ1) is 26.4. The Kier molecular flexibility index (Phi) is 10.1. The molecule has 1 amide bonds. The van der Waals surface area contributed by atoms with Gasteiger partial charge in [-0.25, -0.2) is 4.79 Å². The van der Waals surface area contributed by atoms with Gasteiger partial charge in [-0.05, 0) is 49.9 Å². The van der Waals surface area contributed by atoms with Gasteiger partial charge >= 0.3 is 5.97 Å². The van der Waals surface area contributed by atoms with E-state index in [0.29, 0.717) is 17.9 Å². The lowest BCUT2D eigenvalue weighted by Gasteiger charge is -2.21. The third-order valence-corrected chi connectivity index (χ3v) is 7.04. The second-order valence-electron chi connectivity index (χ2n) is 9.20. The van der Waals surface area contributed by atoms with Gasteiger partial charge in [0, 0.05) is 11.3 Å². The van der Waals surface area contributed by atoms with E-state index in [1.165, 1.54) is 24.2 Å². The molecule has 0 saturated carbocycles. The van der Waals surface area contributed by atoms with Crippen LogP contribution in [0.15, 0.2) is 36.4 Å². The maximum atomic E-state index is 12.3. The molecule has 3 rings (SSSR count). The van der Waals surface area contributed by atoms with Gasteiger partial charge < -0.3 is 19.9 Å². The number of esters is 1. The molecule has 6 nitrogen and oxygen atoms in total. The fourth-order valence-electron chi connectivity index (χ4n) is 4.06. The van der Waals surface area contributed by atoms with Crippen LogP contribution in [0.1, 0.15) is 104 Å². The van der Waals surface area contributed by atoms with Gasteiger partial charge in [0.1, 0.15) is 11.0 Å². The van der Waals surface area contributed by atoms with Gasteiger partial charge in [0.05, 0.1) is 24.9 Å². The number of thiophene rings is 1. The minimum Gasteiger partial charge on any atom is -0.459 e. The van der Waals surface area contributed by atoms with Crippen LogP contribution in [-0.2, 0) is 14.3 Å². The summed E-state index contributed by atoms with van der Waals surface area (Å²) in [6.45, 7) is 6.22. The molecule has 2 aromatic rings. The number of aliphatic hydroxyl groups excluding tert-OH is 1. The molecule has 1 fully saturated rings. The van der Waals surface area contributed by atoms with Crippen LogP contribution in [0, 0.1) is 0 Å². The average molecular weight is 488 g/mol. The summed E-state index contributed by atoms with van der Waals surface area (Å²) in [5, 5.41) is 13.5. The van der Waals surface area contributed by atoms with Crippen LogP contribution in [-0.4, -0.2) is 35.7 Å². The van der Waals surface area contributed by atoms with E-state index >= 15 is 0 Å². The van der Waals surface area contributed by atoms with E-state index in [2.05, 4.69) is 12.2 Å². The molecule has 2 heterocycles. The van der Waals surface area contributed by atoms with Crippen molar-refractivity contribution in [2.45, 2.75) is 90.1 Å². The molecule has 0 radical (unpaired) electrons. The number of hydrogen-bond donors (Lipinski definition) is 2. The van der Waals surface area contributed by atoms with Crippen molar-refractivity contribution < 1.29 is 24.2 Å². The molecule has 0 aliphatic carbocycles. The molecule has 2 N–H and O–H groups in total. The van der Waals surface area contributed by atoms with E-state index < -0.39 is 6.10 Å². The van der Waals surface area contributed by atoms with Crippen molar-refractivity contribution in [3.8, 4) is 0 Å². The average Bonchev–Trinajstić information content (AvgIpc) is 3.46. The molecule has 34 heavy (non-hydrogen) atoms. The van der Waals surface area contributed by atoms with Gasteiger partial charge in [-0.1, -0.05) is 56.9 Å². The van der Waals surface area contributed by atoms with Crippen molar-refractivity contribution in [1.29, 1.82) is 0 Å². The van der Waals surface area contributed by atoms with Crippen molar-refractivity contribution in [2.75, 3.05) is 6.61 Å². The zero-order valence-electron chi connectivity index (χ0n) is 20.4. The standard InChI is InChI=1S/C27H37NO5S/c1-4-5-6-7-8-22(29)19-9-11-20(12-10-19)26(32-17-21-13-16-25(30)28-21)23-14-15-24(34-23)27(31)33-18(2)3/h9-12,14-15,18,21-22,26,29H,4-8,13,16-17H2,1-3H3,(H,28,30)/t21?,22?,26-/m0/s1. The Labute approximate surface area is 206 Å². The minimum atomic E-state index is -0.474. The highest BCUT2D eigenvalue weighted by atomic mass is 32.1. The number of benzene rings is 1. The van der Waals surface area contributed by atoms with E-state index in [1.807, 2.05) is 44.2 Å². The number of ether oxygens (including phenoxy) is 2. The summed E-state index contributed by atoms with van der Waals surface area (Å²) in [4.78, 5) is 25.4. The third kappa shape index (κ3) is 7.65. The maximum Gasteiger partial charge on any atom is 0.348 e. The highest BCUT2D eigenvalue weighted by Gasteiger charge is 2.25. The lowest BCUT2D eigenvalue weighted by atomic mass is 9.99. The molecule has 1 aliphatic heterocycles. The topological polar surface area (TPSA) is 84.9 Å². The van der Waals surface area contributed by atoms with Crippen LogP contribution in [0.3, 0.4) is 0 Å². The van der Waals surface area contributed by atoms with Crippen LogP contribution >= 0.6 is 11.3 Å². The van der Waals surface area contributed by atoms with E-state index in [9.17, 15) is 14.7 Å². The number of hydrogen-bond acceptors (Lipinski definition) is 6. The number of carbonyl (C=O) groups is 2. The van der Waals surface area contributed by atoms with E-state index in [1.54, 1.807) is 6.07 Å². The lowest BCUT2D eigenvalue weighted by molar-refractivity contribution is -0.119. The molecule has 7 heteroatoms. The van der Waals surface area contributed by atoms with Crippen LogP contribution in [0.5, 0.6) is 0 Å². The fourth-order valence-corrected chi connectivity index (χ4v) is 5.03. The van der Waals surface area contributed by atoms with Crippen LogP contribution < -0.4 is 5.32 Å². The van der Waals surface area contributed by atoms with Crippen molar-refractivity contribution in [1.82, 2.24) is 5.32 Å². The largest absolute Gasteiger partial charge is 0.459 e. The van der Waals surface area contributed by atoms with Crippen LogP contribution in [0.4, 0.5) is 0 Å². The number of unbranched alkanes of at least 4 members (excludes halogenated alkanes) is 3. The van der Waals surface area contributed by atoms with Gasteiger partial charge in [0.25, 0.3) is 0 Å². The quantitative estimate of drug-likeness (QED) is 0.280. The summed E-state index contributed by atoms with van der Waals surface area (Å²) in [6.07, 6.45) is 5.52. The first-order valence-electron chi connectivity index (χ1n) is 12.4. The fraction of sp³-hybridized carbons (Fsp3) is 0.556. The number of amides is 1. The SMILES string of the molecule is CCCCCCC(O)c1ccc([C@H](OCC2CCC(=O)N2)c2ccc(C(=O)OC(C)C)s2)cc1. The van der Waals surface area contributed by atoms with Gasteiger partial charge in [-0.3, -0.25) is 4.79 Å². The Morgan fingerprint density at radius 2 is 1.85 bits per heavy atom. The summed E-state index contributed by atoms with van der Waals surface area (Å²) in [5.74, 6) is -0.285. The second kappa shape index (κ2) is 13.0. The maximum absolute atomic E-state index is 12.3. The van der Waals surface area contributed by atoms with Crippen LogP contribution in [0.2, 0.25) is 0 Å². The summed E-state index contributed by atoms with van der Waals surface area (Å²) >= 11 is 1.36. The molecule has 1 aromatic carbocycles. The van der Waals surface area contributed by atoms with Gasteiger partial charge in [-0.15, -0.1) is 11.3 Å². The molecule has 1 aliphatic rings. The highest BCUT2D eigenvalue weighted by molar-refractivity contribution is 7.14. The van der Waals surface area contributed by atoms with Crippen molar-refractivity contribution in [2.24, 2.45) is 0 Å². The first-order valence-corrected chi connectivity index (χ1v) is 13.2. The Bertz CT molecular complexity index is 923. The molecule has 2 unspecified atom stereocenters. The predicted molar refractivity (Wildman–Crippen MR) is 134 cm³/mol. The van der Waals surface area contributed by atoms with Crippen molar-refractivity contribution in [3.63, 3.8) is 0 Å². The molecule has 3 atom stereocenters. The molecule has 0 spiro atoms. The summed E-state index contributed by atoms with van der Waals surface area (Å²) < 4.78 is 11.6. The molecular formula is C27H37NO5S. The normalized spacial score (nSPS) is 17.6. The molecule has 0 bridgehead atoms. The zero-order valence-corrected chi connectivity index (χ0v) is 21.2. The summed E-state index contributed by atoms with van der Waals surface area (Å²) in [5.41, 5.74) is 1.84. The highest BCUT2D eigenvalue weighted by Crippen LogP contribution is 2.33. The number of rotatable bonds is 13. The summed E-state index contributed by atoms with van der Waals surface area (Å²) in [7, 11) is 0. The number of nitrogens with one attached hydrogen (secondary N) is 1. The Morgan fingerprint density at radius 3 is 2.50 bits per heavy atom. The zero-order chi connectivity index (χ0) is 24.5. The van der Waals surface area contributed by atoms with Crippen molar-refractivity contribution >= 4 is 23.2 Å². The third-order valence-electron chi connectivity index (χ3n) is 5.93. The van der Waals surface area contributed by atoms with Gasteiger partial charge in [0.2, 0.25) is 5.91 Å². The Hall–Kier alpha value is -2.22. The van der Waals surface area contributed by atoms with Gasteiger partial charge in [0.15, 0.2) is 0 Å². The van der Waals surface area contributed by atoms with E-state index in [-0.39, 0.29) is 30.1 Å². The summed E-state index contributed by atoms with van der Waals surface area (Å²) in [6, 6.07) is 11.5. The second-order valence-corrected chi connectivity index (χ2v) is 10.3. The van der Waals surface area contributed by atoms with Crippen LogP contribution in [0.25, 0.3) is 0 Å².